The second kappa shape index (κ2) is 5.18. The molecule has 1 heterocycles. The maximum absolute atomic E-state index is 9.95. The maximum atomic E-state index is 9.95. The third-order valence-electron chi connectivity index (χ3n) is 3.16. The van der Waals surface area contributed by atoms with Gasteiger partial charge in [-0.25, -0.2) is 0 Å². The van der Waals surface area contributed by atoms with Crippen LogP contribution in [0.5, 0.6) is 0 Å². The lowest BCUT2D eigenvalue weighted by atomic mass is 10.1. The third kappa shape index (κ3) is 2.76. The molecular weight excluding hydrogens is 204 g/mol. The van der Waals surface area contributed by atoms with Crippen LogP contribution in [0.15, 0.2) is 0 Å². The number of hydrogen-bond donors (Lipinski definition) is 1. The molecule has 0 radical (unpaired) electrons. The van der Waals surface area contributed by atoms with Gasteiger partial charge in [0.25, 0.3) is 0 Å². The molecule has 1 aliphatic carbocycles. The highest BCUT2D eigenvalue weighted by molar-refractivity contribution is 5.17. The molecule has 0 aromatic heterocycles. The monoisotopic (exact) mass is 224 g/mol. The molecule has 2 atom stereocenters. The van der Waals surface area contributed by atoms with Gasteiger partial charge in [-0.05, 0) is 32.1 Å². The molecule has 2 fully saturated rings. The summed E-state index contributed by atoms with van der Waals surface area (Å²) in [6.07, 6.45) is 4.98. The summed E-state index contributed by atoms with van der Waals surface area (Å²) >= 11 is 0. The minimum absolute atomic E-state index is 0.130. The molecule has 3 heteroatoms. The molecule has 0 aromatic carbocycles. The van der Waals surface area contributed by atoms with Crippen LogP contribution in [0.2, 0.25) is 0 Å². The van der Waals surface area contributed by atoms with E-state index in [1.54, 1.807) is 0 Å². The second-order valence-corrected chi connectivity index (χ2v) is 4.56. The Morgan fingerprint density at radius 3 is 2.88 bits per heavy atom. The van der Waals surface area contributed by atoms with E-state index >= 15 is 0 Å². The Morgan fingerprint density at radius 1 is 1.50 bits per heavy atom. The molecule has 1 saturated heterocycles. The fourth-order valence-electron chi connectivity index (χ4n) is 1.98. The molecule has 0 aromatic rings. The molecule has 2 aliphatic rings. The standard InChI is InChI=1S/C13H20O3/c1-2-3-6-11(14)13(8-9-13)16-12-7-4-5-10-15-12/h11-12,14H,2,4-5,7-10H2,1H3. The lowest BCUT2D eigenvalue weighted by Crippen LogP contribution is -2.36. The predicted octanol–water partition coefficient (Wildman–Crippen LogP) is 1.84. The topological polar surface area (TPSA) is 38.7 Å². The zero-order valence-electron chi connectivity index (χ0n) is 9.87. The Labute approximate surface area is 97.1 Å². The largest absolute Gasteiger partial charge is 0.377 e. The van der Waals surface area contributed by atoms with E-state index in [2.05, 4.69) is 11.8 Å². The van der Waals surface area contributed by atoms with Gasteiger partial charge in [0, 0.05) is 13.0 Å². The van der Waals surface area contributed by atoms with Crippen molar-refractivity contribution in [2.24, 2.45) is 0 Å². The number of aliphatic hydroxyl groups excluding tert-OH is 1. The van der Waals surface area contributed by atoms with Crippen molar-refractivity contribution in [3.05, 3.63) is 0 Å². The molecule has 1 aliphatic heterocycles. The fourth-order valence-corrected chi connectivity index (χ4v) is 1.98. The second-order valence-electron chi connectivity index (χ2n) is 4.56. The van der Waals surface area contributed by atoms with Crippen LogP contribution in [-0.2, 0) is 9.47 Å². The number of ether oxygens (including phenoxy) is 2. The Bertz CT molecular complexity index is 279. The van der Waals surface area contributed by atoms with Gasteiger partial charge in [0.05, 0.1) is 0 Å². The van der Waals surface area contributed by atoms with Crippen LogP contribution in [0.3, 0.4) is 0 Å². The van der Waals surface area contributed by atoms with Crippen LogP contribution in [0.4, 0.5) is 0 Å². The van der Waals surface area contributed by atoms with Crippen molar-refractivity contribution in [2.45, 2.75) is 63.4 Å². The summed E-state index contributed by atoms with van der Waals surface area (Å²) in [5.74, 6) is 5.76. The average molecular weight is 224 g/mol. The highest BCUT2D eigenvalue weighted by atomic mass is 16.7. The van der Waals surface area contributed by atoms with Crippen molar-refractivity contribution < 1.29 is 14.6 Å². The molecule has 1 N–H and O–H groups in total. The first kappa shape index (κ1) is 11.9. The molecule has 16 heavy (non-hydrogen) atoms. The summed E-state index contributed by atoms with van der Waals surface area (Å²) < 4.78 is 11.4. The average Bonchev–Trinajstić information content (AvgIpc) is 3.08. The zero-order valence-corrected chi connectivity index (χ0v) is 9.87. The van der Waals surface area contributed by atoms with Crippen LogP contribution in [0.1, 0.15) is 45.4 Å². The summed E-state index contributed by atoms with van der Waals surface area (Å²) in [6.45, 7) is 2.75. The Kier molecular flexibility index (Phi) is 3.86. The first-order valence-corrected chi connectivity index (χ1v) is 6.23. The molecule has 0 spiro atoms. The molecule has 3 nitrogen and oxygen atoms in total. The lowest BCUT2D eigenvalue weighted by Gasteiger charge is -2.28. The molecule has 0 amide bonds. The van der Waals surface area contributed by atoms with Gasteiger partial charge < -0.3 is 14.6 Å². The van der Waals surface area contributed by atoms with Crippen molar-refractivity contribution in [1.82, 2.24) is 0 Å². The normalized spacial score (nSPS) is 29.0. The summed E-state index contributed by atoms with van der Waals surface area (Å²) in [5.41, 5.74) is -0.426. The van der Waals surface area contributed by atoms with E-state index in [0.29, 0.717) is 0 Å². The molecule has 2 unspecified atom stereocenters. The van der Waals surface area contributed by atoms with E-state index in [1.165, 1.54) is 0 Å². The molecule has 0 bridgehead atoms. The van der Waals surface area contributed by atoms with Gasteiger partial charge >= 0.3 is 0 Å². The van der Waals surface area contributed by atoms with E-state index in [1.807, 2.05) is 6.92 Å². The van der Waals surface area contributed by atoms with Gasteiger partial charge in [-0.2, -0.15) is 0 Å². The Balaban J connectivity index is 1.87. The van der Waals surface area contributed by atoms with Crippen LogP contribution in [0, 0.1) is 11.8 Å². The SMILES string of the molecule is CCC#CC(O)C1(OC2CCCCO2)CC1. The first-order valence-electron chi connectivity index (χ1n) is 6.23. The molecule has 1 saturated carbocycles. The number of rotatable bonds is 3. The van der Waals surface area contributed by atoms with E-state index < -0.39 is 11.7 Å². The number of aliphatic hydroxyl groups is 1. The van der Waals surface area contributed by atoms with Crippen molar-refractivity contribution in [1.29, 1.82) is 0 Å². The van der Waals surface area contributed by atoms with E-state index in [9.17, 15) is 5.11 Å². The van der Waals surface area contributed by atoms with Gasteiger partial charge in [-0.3, -0.25) is 0 Å². The zero-order chi connectivity index (χ0) is 11.4. The summed E-state index contributed by atoms with van der Waals surface area (Å²) in [5, 5.41) is 9.95. The van der Waals surface area contributed by atoms with Crippen molar-refractivity contribution in [3.63, 3.8) is 0 Å². The van der Waals surface area contributed by atoms with E-state index in [-0.39, 0.29) is 6.29 Å². The minimum atomic E-state index is -0.655. The van der Waals surface area contributed by atoms with Gasteiger partial charge in [0.1, 0.15) is 11.7 Å². The van der Waals surface area contributed by atoms with Gasteiger partial charge in [0.15, 0.2) is 6.29 Å². The smallest absolute Gasteiger partial charge is 0.158 e. The molecule has 2 rings (SSSR count). The lowest BCUT2D eigenvalue weighted by molar-refractivity contribution is -0.211. The van der Waals surface area contributed by atoms with Crippen molar-refractivity contribution in [2.75, 3.05) is 6.61 Å². The van der Waals surface area contributed by atoms with Crippen molar-refractivity contribution >= 4 is 0 Å². The minimum Gasteiger partial charge on any atom is -0.377 e. The first-order chi connectivity index (χ1) is 7.77. The molecular formula is C13H20O3. The van der Waals surface area contributed by atoms with Gasteiger partial charge in [0.2, 0.25) is 0 Å². The highest BCUT2D eigenvalue weighted by Gasteiger charge is 2.51. The van der Waals surface area contributed by atoms with Crippen molar-refractivity contribution in [3.8, 4) is 11.8 Å². The summed E-state index contributed by atoms with van der Waals surface area (Å²) in [7, 11) is 0. The quantitative estimate of drug-likeness (QED) is 0.743. The maximum Gasteiger partial charge on any atom is 0.158 e. The van der Waals surface area contributed by atoms with Gasteiger partial charge in [-0.15, -0.1) is 5.92 Å². The van der Waals surface area contributed by atoms with E-state index in [0.717, 1.165) is 45.1 Å². The Hall–Kier alpha value is -0.560. The van der Waals surface area contributed by atoms with Crippen LogP contribution in [-0.4, -0.2) is 29.7 Å². The summed E-state index contributed by atoms with van der Waals surface area (Å²) in [4.78, 5) is 0. The fraction of sp³-hybridized carbons (Fsp3) is 0.846. The summed E-state index contributed by atoms with van der Waals surface area (Å²) in [6, 6.07) is 0. The van der Waals surface area contributed by atoms with E-state index in [4.69, 9.17) is 9.47 Å². The van der Waals surface area contributed by atoms with Crippen LogP contribution in [0.25, 0.3) is 0 Å². The predicted molar refractivity (Wildman–Crippen MR) is 60.7 cm³/mol. The number of hydrogen-bond acceptors (Lipinski definition) is 3. The van der Waals surface area contributed by atoms with Gasteiger partial charge in [-0.1, -0.05) is 12.8 Å². The van der Waals surface area contributed by atoms with Crippen LogP contribution >= 0.6 is 0 Å². The Morgan fingerprint density at radius 2 is 2.31 bits per heavy atom. The third-order valence-corrected chi connectivity index (χ3v) is 3.16. The molecule has 90 valence electrons. The highest BCUT2D eigenvalue weighted by Crippen LogP contribution is 2.44. The van der Waals surface area contributed by atoms with Crippen LogP contribution < -0.4 is 0 Å².